The van der Waals surface area contributed by atoms with Crippen LogP contribution in [0, 0.1) is 11.8 Å². The number of nitrogens with zero attached hydrogens (tertiary/aromatic N) is 2. The van der Waals surface area contributed by atoms with E-state index in [2.05, 4.69) is 55.0 Å². The zero-order valence-corrected chi connectivity index (χ0v) is 13.4. The van der Waals surface area contributed by atoms with E-state index in [0.29, 0.717) is 11.8 Å². The lowest BCUT2D eigenvalue weighted by atomic mass is 10.1. The van der Waals surface area contributed by atoms with Crippen LogP contribution in [0.15, 0.2) is 18.3 Å². The maximum Gasteiger partial charge on any atom is 0.128 e. The van der Waals surface area contributed by atoms with Gasteiger partial charge in [-0.3, -0.25) is 0 Å². The summed E-state index contributed by atoms with van der Waals surface area (Å²) < 4.78 is 0. The standard InChI is InChI=1S/C17H29N3/c1-13(2)11-20(12-14(3)4)17-9-15(7-8-18-17)10-19-16-5-6-16/h7-9,13-14,16,19H,5-6,10-12H2,1-4H3. The molecule has 1 aliphatic rings. The van der Waals surface area contributed by atoms with Crippen LogP contribution >= 0.6 is 0 Å². The Morgan fingerprint density at radius 3 is 2.40 bits per heavy atom. The molecule has 1 aliphatic carbocycles. The minimum atomic E-state index is 0.656. The van der Waals surface area contributed by atoms with E-state index in [4.69, 9.17) is 0 Å². The number of aromatic nitrogens is 1. The van der Waals surface area contributed by atoms with Crippen LogP contribution in [0.3, 0.4) is 0 Å². The van der Waals surface area contributed by atoms with Gasteiger partial charge >= 0.3 is 0 Å². The van der Waals surface area contributed by atoms with Crippen molar-refractivity contribution in [3.63, 3.8) is 0 Å². The Kier molecular flexibility index (Phi) is 5.41. The topological polar surface area (TPSA) is 28.2 Å². The van der Waals surface area contributed by atoms with E-state index >= 15 is 0 Å². The van der Waals surface area contributed by atoms with Crippen LogP contribution in [0.4, 0.5) is 5.82 Å². The fraction of sp³-hybridized carbons (Fsp3) is 0.706. The highest BCUT2D eigenvalue weighted by Gasteiger charge is 2.20. The molecule has 0 bridgehead atoms. The van der Waals surface area contributed by atoms with Gasteiger partial charge in [0.15, 0.2) is 0 Å². The summed E-state index contributed by atoms with van der Waals surface area (Å²) in [6.07, 6.45) is 4.63. The first kappa shape index (κ1) is 15.3. The van der Waals surface area contributed by atoms with Crippen molar-refractivity contribution in [2.75, 3.05) is 18.0 Å². The number of pyridine rings is 1. The second-order valence-electron chi connectivity index (χ2n) is 6.87. The van der Waals surface area contributed by atoms with Gasteiger partial charge < -0.3 is 10.2 Å². The Hall–Kier alpha value is -1.09. The van der Waals surface area contributed by atoms with E-state index < -0.39 is 0 Å². The van der Waals surface area contributed by atoms with Gasteiger partial charge in [-0.05, 0) is 42.4 Å². The third-order valence-corrected chi connectivity index (χ3v) is 3.48. The molecule has 1 saturated carbocycles. The molecule has 0 radical (unpaired) electrons. The lowest BCUT2D eigenvalue weighted by molar-refractivity contribution is 0.548. The zero-order chi connectivity index (χ0) is 14.5. The van der Waals surface area contributed by atoms with Gasteiger partial charge in [-0.15, -0.1) is 0 Å². The number of hydrogen-bond donors (Lipinski definition) is 1. The number of nitrogens with one attached hydrogen (secondary N) is 1. The molecule has 3 nitrogen and oxygen atoms in total. The molecule has 0 saturated heterocycles. The third-order valence-electron chi connectivity index (χ3n) is 3.48. The fourth-order valence-corrected chi connectivity index (χ4v) is 2.44. The molecular formula is C17H29N3. The van der Waals surface area contributed by atoms with Gasteiger partial charge in [0, 0.05) is 31.9 Å². The molecule has 0 unspecified atom stereocenters. The van der Waals surface area contributed by atoms with Crippen LogP contribution in [-0.2, 0) is 6.54 Å². The van der Waals surface area contributed by atoms with Crippen molar-refractivity contribution in [3.05, 3.63) is 23.9 Å². The van der Waals surface area contributed by atoms with Gasteiger partial charge in [0.05, 0.1) is 0 Å². The van der Waals surface area contributed by atoms with Crippen LogP contribution in [-0.4, -0.2) is 24.1 Å². The van der Waals surface area contributed by atoms with Crippen molar-refractivity contribution in [2.45, 2.75) is 53.1 Å². The summed E-state index contributed by atoms with van der Waals surface area (Å²) in [7, 11) is 0. The summed E-state index contributed by atoms with van der Waals surface area (Å²) in [6.45, 7) is 12.2. The average Bonchev–Trinajstić information content (AvgIpc) is 3.19. The van der Waals surface area contributed by atoms with E-state index in [9.17, 15) is 0 Å². The van der Waals surface area contributed by atoms with Crippen LogP contribution in [0.1, 0.15) is 46.1 Å². The highest BCUT2D eigenvalue weighted by Crippen LogP contribution is 2.20. The van der Waals surface area contributed by atoms with E-state index in [1.54, 1.807) is 0 Å². The Balaban J connectivity index is 2.03. The van der Waals surface area contributed by atoms with Gasteiger partial charge in [-0.25, -0.2) is 4.98 Å². The van der Waals surface area contributed by atoms with Crippen LogP contribution in [0.25, 0.3) is 0 Å². The van der Waals surface area contributed by atoms with Crippen LogP contribution in [0.2, 0.25) is 0 Å². The van der Waals surface area contributed by atoms with Crippen molar-refractivity contribution in [2.24, 2.45) is 11.8 Å². The SMILES string of the molecule is CC(C)CN(CC(C)C)c1cc(CNC2CC2)ccn1. The van der Waals surface area contributed by atoms with Crippen molar-refractivity contribution < 1.29 is 0 Å². The molecular weight excluding hydrogens is 246 g/mol. The monoisotopic (exact) mass is 275 g/mol. The summed E-state index contributed by atoms with van der Waals surface area (Å²) in [5, 5.41) is 3.57. The second-order valence-corrected chi connectivity index (χ2v) is 6.87. The zero-order valence-electron chi connectivity index (χ0n) is 13.4. The van der Waals surface area contributed by atoms with Gasteiger partial charge in [-0.1, -0.05) is 27.7 Å². The van der Waals surface area contributed by atoms with Crippen molar-refractivity contribution in [1.82, 2.24) is 10.3 Å². The molecule has 1 aromatic heterocycles. The van der Waals surface area contributed by atoms with E-state index in [1.807, 2.05) is 6.20 Å². The lowest BCUT2D eigenvalue weighted by Crippen LogP contribution is -2.32. The number of rotatable bonds is 8. The molecule has 1 heterocycles. The first-order chi connectivity index (χ1) is 9.54. The minimum Gasteiger partial charge on any atom is -0.356 e. The molecule has 0 aromatic carbocycles. The van der Waals surface area contributed by atoms with Gasteiger partial charge in [0.25, 0.3) is 0 Å². The highest BCUT2D eigenvalue weighted by molar-refractivity contribution is 5.41. The molecule has 20 heavy (non-hydrogen) atoms. The number of anilines is 1. The molecule has 1 aromatic rings. The molecule has 3 heteroatoms. The molecule has 0 aliphatic heterocycles. The predicted molar refractivity (Wildman–Crippen MR) is 86.0 cm³/mol. The van der Waals surface area contributed by atoms with E-state index in [-0.39, 0.29) is 0 Å². The van der Waals surface area contributed by atoms with E-state index in [0.717, 1.165) is 31.5 Å². The summed E-state index contributed by atoms with van der Waals surface area (Å²) in [4.78, 5) is 7.01. The van der Waals surface area contributed by atoms with Crippen LogP contribution in [0.5, 0.6) is 0 Å². The van der Waals surface area contributed by atoms with Gasteiger partial charge in [-0.2, -0.15) is 0 Å². The Morgan fingerprint density at radius 1 is 1.20 bits per heavy atom. The molecule has 1 N–H and O–H groups in total. The molecule has 0 amide bonds. The van der Waals surface area contributed by atoms with Gasteiger partial charge in [0.2, 0.25) is 0 Å². The van der Waals surface area contributed by atoms with Crippen molar-refractivity contribution in [3.8, 4) is 0 Å². The maximum atomic E-state index is 4.59. The van der Waals surface area contributed by atoms with E-state index in [1.165, 1.54) is 18.4 Å². The fourth-order valence-electron chi connectivity index (χ4n) is 2.44. The molecule has 0 spiro atoms. The van der Waals surface area contributed by atoms with Crippen molar-refractivity contribution in [1.29, 1.82) is 0 Å². The molecule has 112 valence electrons. The highest BCUT2D eigenvalue weighted by atomic mass is 15.2. The smallest absolute Gasteiger partial charge is 0.128 e. The molecule has 2 rings (SSSR count). The average molecular weight is 275 g/mol. The molecule has 1 fully saturated rings. The minimum absolute atomic E-state index is 0.656. The predicted octanol–water partition coefficient (Wildman–Crippen LogP) is 3.45. The quantitative estimate of drug-likeness (QED) is 0.787. The largest absolute Gasteiger partial charge is 0.356 e. The summed E-state index contributed by atoms with van der Waals surface area (Å²) in [6, 6.07) is 5.14. The first-order valence-corrected chi connectivity index (χ1v) is 7.98. The lowest BCUT2D eigenvalue weighted by Gasteiger charge is -2.27. The second kappa shape index (κ2) is 7.07. The summed E-state index contributed by atoms with van der Waals surface area (Å²) in [5.74, 6) is 2.44. The van der Waals surface area contributed by atoms with Gasteiger partial charge in [0.1, 0.15) is 5.82 Å². The first-order valence-electron chi connectivity index (χ1n) is 7.98. The third kappa shape index (κ3) is 5.12. The Morgan fingerprint density at radius 2 is 1.85 bits per heavy atom. The van der Waals surface area contributed by atoms with Crippen LogP contribution < -0.4 is 10.2 Å². The molecule has 0 atom stereocenters. The number of hydrogen-bond acceptors (Lipinski definition) is 3. The normalized spacial score (nSPS) is 15.1. The summed E-state index contributed by atoms with van der Waals surface area (Å²) in [5.41, 5.74) is 1.35. The maximum absolute atomic E-state index is 4.59. The Labute approximate surface area is 123 Å². The van der Waals surface area contributed by atoms with Crippen molar-refractivity contribution >= 4 is 5.82 Å². The summed E-state index contributed by atoms with van der Waals surface area (Å²) >= 11 is 0. The Bertz CT molecular complexity index is 400.